The van der Waals surface area contributed by atoms with Gasteiger partial charge in [0.05, 0.1) is 15.9 Å². The monoisotopic (exact) mass is 646 g/mol. The molecule has 0 radical (unpaired) electrons. The Labute approximate surface area is 290 Å². The number of hydrogen-bond donors (Lipinski definition) is 0. The first-order valence-electron chi connectivity index (χ1n) is 17.1. The van der Waals surface area contributed by atoms with Crippen LogP contribution in [0.4, 0.5) is 0 Å². The summed E-state index contributed by atoms with van der Waals surface area (Å²) in [6.07, 6.45) is 0. The van der Waals surface area contributed by atoms with Gasteiger partial charge in [-0.3, -0.25) is 0 Å². The van der Waals surface area contributed by atoms with Crippen LogP contribution >= 0.6 is 11.3 Å². The topological polar surface area (TPSA) is 25.8 Å². The van der Waals surface area contributed by atoms with Crippen molar-refractivity contribution in [3.8, 4) is 56.0 Å². The molecule has 0 atom stereocenters. The molecule has 0 amide bonds. The molecule has 6 aromatic carbocycles. The van der Waals surface area contributed by atoms with Crippen LogP contribution in [0.25, 0.3) is 76.3 Å². The minimum atomic E-state index is -0.116. The maximum absolute atomic E-state index is 5.24. The maximum atomic E-state index is 5.24. The van der Waals surface area contributed by atoms with Crippen LogP contribution in [-0.2, 0) is 10.8 Å². The summed E-state index contributed by atoms with van der Waals surface area (Å²) in [5, 5.41) is 1.18. The number of nitrogens with zero attached hydrogens (tertiary/aromatic N) is 2. The SMILES string of the molecule is CC1(C)c2ccccc2-c2cc3c(cc21)-c1ccc(-c2cccc(-c4nc(-c5ccccc5)nc5c4sc4ccccc45)c2)cc1C3(C)C. The van der Waals surface area contributed by atoms with Crippen molar-refractivity contribution in [2.24, 2.45) is 0 Å². The van der Waals surface area contributed by atoms with E-state index in [4.69, 9.17) is 9.97 Å². The molecule has 2 aromatic heterocycles. The van der Waals surface area contributed by atoms with Crippen molar-refractivity contribution in [2.75, 3.05) is 0 Å². The predicted molar refractivity (Wildman–Crippen MR) is 206 cm³/mol. The van der Waals surface area contributed by atoms with E-state index in [-0.39, 0.29) is 10.8 Å². The Hall–Kier alpha value is -5.38. The van der Waals surface area contributed by atoms with E-state index in [2.05, 4.69) is 155 Å². The molecule has 2 heterocycles. The predicted octanol–water partition coefficient (Wildman–Crippen LogP) is 12.5. The molecule has 2 nitrogen and oxygen atoms in total. The third kappa shape index (κ3) is 4.06. The zero-order valence-electron chi connectivity index (χ0n) is 28.0. The van der Waals surface area contributed by atoms with Crippen molar-refractivity contribution in [1.29, 1.82) is 0 Å². The Morgan fingerprint density at radius 1 is 0.449 bits per heavy atom. The maximum Gasteiger partial charge on any atom is 0.160 e. The molecule has 3 heteroatoms. The van der Waals surface area contributed by atoms with Crippen molar-refractivity contribution >= 4 is 31.6 Å². The number of aromatic nitrogens is 2. The number of fused-ring (bicyclic) bond motifs is 9. The number of hydrogen-bond acceptors (Lipinski definition) is 3. The van der Waals surface area contributed by atoms with Gasteiger partial charge in [-0.25, -0.2) is 9.97 Å². The highest BCUT2D eigenvalue weighted by Gasteiger charge is 2.41. The lowest BCUT2D eigenvalue weighted by Gasteiger charge is -2.24. The summed E-state index contributed by atoms with van der Waals surface area (Å²) < 4.78 is 2.36. The Morgan fingerprint density at radius 2 is 1.06 bits per heavy atom. The van der Waals surface area contributed by atoms with Gasteiger partial charge in [0.25, 0.3) is 0 Å². The number of thiophene rings is 1. The van der Waals surface area contributed by atoms with Gasteiger partial charge in [0.1, 0.15) is 0 Å². The molecule has 0 aliphatic heterocycles. The van der Waals surface area contributed by atoms with Gasteiger partial charge in [-0.1, -0.05) is 131 Å². The average molecular weight is 647 g/mol. The molecule has 8 aromatic rings. The molecule has 0 N–H and O–H groups in total. The van der Waals surface area contributed by atoms with Crippen molar-refractivity contribution in [1.82, 2.24) is 9.97 Å². The molecule has 0 saturated heterocycles. The number of rotatable bonds is 3. The second kappa shape index (κ2) is 10.1. The van der Waals surface area contributed by atoms with Crippen LogP contribution in [0.3, 0.4) is 0 Å². The molecule has 49 heavy (non-hydrogen) atoms. The van der Waals surface area contributed by atoms with Crippen LogP contribution < -0.4 is 0 Å². The minimum absolute atomic E-state index is 0.0184. The third-order valence-corrected chi connectivity index (χ3v) is 12.3. The van der Waals surface area contributed by atoms with E-state index in [1.165, 1.54) is 65.7 Å². The Bertz CT molecular complexity index is 2660. The van der Waals surface area contributed by atoms with E-state index in [0.717, 1.165) is 32.9 Å². The minimum Gasteiger partial charge on any atom is -0.226 e. The van der Waals surface area contributed by atoms with E-state index in [1.54, 1.807) is 11.3 Å². The lowest BCUT2D eigenvalue weighted by Crippen LogP contribution is -2.17. The molecule has 0 saturated carbocycles. The van der Waals surface area contributed by atoms with Crippen LogP contribution in [0.5, 0.6) is 0 Å². The standard InChI is InChI=1S/C46H34N2S/c1-45(2)36-19-10-8-17-31(36)34-25-39-35(26-38(34)45)32-22-21-29(24-37(32)46(39,3)4)28-15-12-16-30(23-28)41-43-42(33-18-9-11-20-40(33)49-43)48-44(47-41)27-13-6-5-7-14-27/h5-26H,1-4H3. The first-order valence-corrected chi connectivity index (χ1v) is 17.9. The summed E-state index contributed by atoms with van der Waals surface area (Å²) >= 11 is 1.78. The molecule has 0 unspecified atom stereocenters. The molecule has 2 aliphatic rings. The Balaban J connectivity index is 1.11. The van der Waals surface area contributed by atoms with Crippen LogP contribution in [-0.4, -0.2) is 9.97 Å². The lowest BCUT2D eigenvalue weighted by molar-refractivity contribution is 0.652. The summed E-state index contributed by atoms with van der Waals surface area (Å²) in [6.45, 7) is 9.52. The smallest absolute Gasteiger partial charge is 0.160 e. The highest BCUT2D eigenvalue weighted by Crippen LogP contribution is 2.56. The van der Waals surface area contributed by atoms with Gasteiger partial charge in [0.15, 0.2) is 5.82 Å². The van der Waals surface area contributed by atoms with Gasteiger partial charge in [-0.05, 0) is 86.0 Å². The van der Waals surface area contributed by atoms with Gasteiger partial charge in [-0.2, -0.15) is 0 Å². The zero-order valence-corrected chi connectivity index (χ0v) is 28.8. The molecule has 0 fully saturated rings. The second-order valence-electron chi connectivity index (χ2n) is 14.6. The van der Waals surface area contributed by atoms with E-state index >= 15 is 0 Å². The van der Waals surface area contributed by atoms with Gasteiger partial charge in [0, 0.05) is 32.0 Å². The molecule has 0 bridgehead atoms. The Morgan fingerprint density at radius 3 is 1.88 bits per heavy atom. The van der Waals surface area contributed by atoms with Gasteiger partial charge in [-0.15, -0.1) is 11.3 Å². The van der Waals surface area contributed by atoms with E-state index < -0.39 is 0 Å². The van der Waals surface area contributed by atoms with E-state index in [1.807, 2.05) is 6.07 Å². The summed E-state index contributed by atoms with van der Waals surface area (Å²) in [4.78, 5) is 10.4. The summed E-state index contributed by atoms with van der Waals surface area (Å²) in [5.74, 6) is 0.756. The molecule has 0 spiro atoms. The van der Waals surface area contributed by atoms with Gasteiger partial charge < -0.3 is 0 Å². The fourth-order valence-corrected chi connectivity index (χ4v) is 9.61. The molecular formula is C46H34N2S. The fourth-order valence-electron chi connectivity index (χ4n) is 8.46. The quantitative estimate of drug-likeness (QED) is 0.191. The van der Waals surface area contributed by atoms with Crippen molar-refractivity contribution < 1.29 is 0 Å². The normalized spacial score (nSPS) is 14.9. The summed E-state index contributed by atoms with van der Waals surface area (Å²) in [7, 11) is 0. The molecule has 10 rings (SSSR count). The fraction of sp³-hybridized carbons (Fsp3) is 0.130. The van der Waals surface area contributed by atoms with Crippen LogP contribution in [0.2, 0.25) is 0 Å². The molecular weight excluding hydrogens is 613 g/mol. The van der Waals surface area contributed by atoms with Crippen LogP contribution in [0.1, 0.15) is 49.9 Å². The Kier molecular flexibility index (Phi) is 5.88. The van der Waals surface area contributed by atoms with Gasteiger partial charge >= 0.3 is 0 Å². The first-order chi connectivity index (χ1) is 23.8. The lowest BCUT2D eigenvalue weighted by atomic mass is 9.79. The van der Waals surface area contributed by atoms with Crippen molar-refractivity contribution in [3.63, 3.8) is 0 Å². The van der Waals surface area contributed by atoms with E-state index in [0.29, 0.717) is 0 Å². The van der Waals surface area contributed by atoms with Crippen molar-refractivity contribution in [3.05, 3.63) is 156 Å². The average Bonchev–Trinajstić information content (AvgIpc) is 3.70. The van der Waals surface area contributed by atoms with Crippen LogP contribution in [0.15, 0.2) is 133 Å². The zero-order chi connectivity index (χ0) is 33.1. The second-order valence-corrected chi connectivity index (χ2v) is 15.7. The van der Waals surface area contributed by atoms with Crippen LogP contribution in [0, 0.1) is 0 Å². The summed E-state index contributed by atoms with van der Waals surface area (Å²) in [5.41, 5.74) is 17.6. The first kappa shape index (κ1) is 28.6. The highest BCUT2D eigenvalue weighted by atomic mass is 32.1. The third-order valence-electron chi connectivity index (χ3n) is 11.1. The van der Waals surface area contributed by atoms with Gasteiger partial charge in [0.2, 0.25) is 0 Å². The summed E-state index contributed by atoms with van der Waals surface area (Å²) in [6, 6.07) is 48.8. The largest absolute Gasteiger partial charge is 0.226 e. The van der Waals surface area contributed by atoms with Crippen molar-refractivity contribution in [2.45, 2.75) is 38.5 Å². The highest BCUT2D eigenvalue weighted by molar-refractivity contribution is 7.26. The molecule has 234 valence electrons. The van der Waals surface area contributed by atoms with E-state index in [9.17, 15) is 0 Å². The molecule has 2 aliphatic carbocycles. The number of benzene rings is 6.